The van der Waals surface area contributed by atoms with Gasteiger partial charge in [0.1, 0.15) is 5.82 Å². The summed E-state index contributed by atoms with van der Waals surface area (Å²) in [5.41, 5.74) is -0.975. The van der Waals surface area contributed by atoms with Crippen molar-refractivity contribution in [3.63, 3.8) is 0 Å². The van der Waals surface area contributed by atoms with Gasteiger partial charge >= 0.3 is 6.18 Å². The Hall–Kier alpha value is -1.57. The van der Waals surface area contributed by atoms with Crippen LogP contribution in [0, 0.1) is 5.92 Å². The second kappa shape index (κ2) is 6.05. The van der Waals surface area contributed by atoms with E-state index in [0.717, 1.165) is 6.07 Å². The fourth-order valence-corrected chi connectivity index (χ4v) is 2.24. The zero-order valence-corrected chi connectivity index (χ0v) is 12.0. The number of hydrogen-bond acceptors (Lipinski definition) is 5. The van der Waals surface area contributed by atoms with Crippen LogP contribution in [0.5, 0.6) is 0 Å². The number of anilines is 2. The van der Waals surface area contributed by atoms with E-state index in [1.54, 1.807) is 11.8 Å². The number of halogens is 3. The molecule has 1 saturated heterocycles. The number of hydrogen-bond donors (Lipinski definition) is 2. The van der Waals surface area contributed by atoms with Crippen LogP contribution in [-0.2, 0) is 6.18 Å². The minimum Gasteiger partial charge on any atom is -0.391 e. The van der Waals surface area contributed by atoms with E-state index < -0.39 is 18.0 Å². The molecule has 118 valence electrons. The molecule has 2 rings (SSSR count). The normalized spacial score (nSPS) is 23.2. The molecule has 0 amide bonds. The lowest BCUT2D eigenvalue weighted by Gasteiger charge is -2.35. The SMILES string of the molecule is CCNc1nc(N2CCC(C)C(O)C2)cc(C(F)(F)F)n1. The van der Waals surface area contributed by atoms with Gasteiger partial charge in [-0.3, -0.25) is 0 Å². The van der Waals surface area contributed by atoms with Crippen LogP contribution in [0.25, 0.3) is 0 Å². The second-order valence-electron chi connectivity index (χ2n) is 5.24. The van der Waals surface area contributed by atoms with Crippen molar-refractivity contribution in [3.8, 4) is 0 Å². The van der Waals surface area contributed by atoms with Gasteiger partial charge in [0.2, 0.25) is 5.95 Å². The summed E-state index contributed by atoms with van der Waals surface area (Å²) < 4.78 is 38.7. The number of nitrogens with one attached hydrogen (secondary N) is 1. The van der Waals surface area contributed by atoms with E-state index in [1.807, 2.05) is 6.92 Å². The first-order chi connectivity index (χ1) is 9.81. The number of alkyl halides is 3. The van der Waals surface area contributed by atoms with E-state index in [-0.39, 0.29) is 24.2 Å². The minimum absolute atomic E-state index is 0.0459. The average Bonchev–Trinajstić information content (AvgIpc) is 2.41. The van der Waals surface area contributed by atoms with Gasteiger partial charge in [0.15, 0.2) is 5.69 Å². The highest BCUT2D eigenvalue weighted by Crippen LogP contribution is 2.31. The Bertz CT molecular complexity index is 495. The topological polar surface area (TPSA) is 61.3 Å². The van der Waals surface area contributed by atoms with Gasteiger partial charge in [0.05, 0.1) is 6.10 Å². The molecule has 1 fully saturated rings. The van der Waals surface area contributed by atoms with E-state index >= 15 is 0 Å². The maximum Gasteiger partial charge on any atom is 0.433 e. The first-order valence-corrected chi connectivity index (χ1v) is 6.94. The Morgan fingerprint density at radius 1 is 1.43 bits per heavy atom. The van der Waals surface area contributed by atoms with Crippen LogP contribution < -0.4 is 10.2 Å². The largest absolute Gasteiger partial charge is 0.433 e. The van der Waals surface area contributed by atoms with Crippen molar-refractivity contribution in [2.75, 3.05) is 29.9 Å². The summed E-state index contributed by atoms with van der Waals surface area (Å²) in [5.74, 6) is 0.285. The number of aliphatic hydroxyl groups excluding tert-OH is 1. The smallest absolute Gasteiger partial charge is 0.391 e. The van der Waals surface area contributed by atoms with Crippen molar-refractivity contribution >= 4 is 11.8 Å². The van der Waals surface area contributed by atoms with Crippen molar-refractivity contribution in [1.82, 2.24) is 9.97 Å². The molecule has 21 heavy (non-hydrogen) atoms. The van der Waals surface area contributed by atoms with Gasteiger partial charge < -0.3 is 15.3 Å². The molecule has 0 radical (unpaired) electrons. The second-order valence-corrected chi connectivity index (χ2v) is 5.24. The van der Waals surface area contributed by atoms with Gasteiger partial charge in [-0.15, -0.1) is 0 Å². The number of rotatable bonds is 3. The molecule has 0 aliphatic carbocycles. The van der Waals surface area contributed by atoms with Crippen molar-refractivity contribution in [2.45, 2.75) is 32.5 Å². The Kier molecular flexibility index (Phi) is 4.55. The summed E-state index contributed by atoms with van der Waals surface area (Å²) in [6, 6.07) is 0.934. The number of aliphatic hydroxyl groups is 1. The highest BCUT2D eigenvalue weighted by atomic mass is 19.4. The highest BCUT2D eigenvalue weighted by molar-refractivity contribution is 5.46. The van der Waals surface area contributed by atoms with Crippen molar-refractivity contribution < 1.29 is 18.3 Å². The van der Waals surface area contributed by atoms with Gasteiger partial charge in [0.25, 0.3) is 0 Å². The Morgan fingerprint density at radius 3 is 2.71 bits per heavy atom. The molecule has 2 N–H and O–H groups in total. The Balaban J connectivity index is 2.31. The Morgan fingerprint density at radius 2 is 2.14 bits per heavy atom. The van der Waals surface area contributed by atoms with E-state index in [4.69, 9.17) is 0 Å². The predicted molar refractivity (Wildman–Crippen MR) is 73.2 cm³/mol. The zero-order chi connectivity index (χ0) is 15.6. The molecule has 0 bridgehead atoms. The average molecular weight is 304 g/mol. The molecule has 1 aromatic heterocycles. The van der Waals surface area contributed by atoms with Crippen molar-refractivity contribution in [2.24, 2.45) is 5.92 Å². The minimum atomic E-state index is -4.52. The number of nitrogens with zero attached hydrogens (tertiary/aromatic N) is 3. The molecular weight excluding hydrogens is 285 g/mol. The molecule has 1 aromatic rings. The number of aromatic nitrogens is 2. The van der Waals surface area contributed by atoms with Gasteiger partial charge in [-0.2, -0.15) is 18.2 Å². The van der Waals surface area contributed by atoms with Crippen LogP contribution >= 0.6 is 0 Å². The number of piperidine rings is 1. The van der Waals surface area contributed by atoms with E-state index in [1.165, 1.54) is 0 Å². The first-order valence-electron chi connectivity index (χ1n) is 6.94. The lowest BCUT2D eigenvalue weighted by Crippen LogP contribution is -2.43. The van der Waals surface area contributed by atoms with E-state index in [9.17, 15) is 18.3 Å². The summed E-state index contributed by atoms with van der Waals surface area (Å²) in [5, 5.41) is 12.6. The third-order valence-corrected chi connectivity index (χ3v) is 3.58. The van der Waals surface area contributed by atoms with E-state index in [2.05, 4.69) is 15.3 Å². The fourth-order valence-electron chi connectivity index (χ4n) is 2.24. The lowest BCUT2D eigenvalue weighted by molar-refractivity contribution is -0.141. The monoisotopic (exact) mass is 304 g/mol. The van der Waals surface area contributed by atoms with Crippen LogP contribution in [0.4, 0.5) is 24.9 Å². The van der Waals surface area contributed by atoms with E-state index in [0.29, 0.717) is 19.5 Å². The third-order valence-electron chi connectivity index (χ3n) is 3.58. The molecule has 2 atom stereocenters. The van der Waals surface area contributed by atoms with Gasteiger partial charge in [-0.25, -0.2) is 4.98 Å². The van der Waals surface area contributed by atoms with Crippen LogP contribution in [0.1, 0.15) is 26.0 Å². The summed E-state index contributed by atoms with van der Waals surface area (Å²) in [6.45, 7) is 4.96. The standard InChI is InChI=1S/C13H19F3N4O/c1-3-17-12-18-10(13(14,15)16)6-11(19-12)20-5-4-8(2)9(21)7-20/h6,8-9,21H,3-5,7H2,1-2H3,(H,17,18,19). The Labute approximate surface area is 121 Å². The fraction of sp³-hybridized carbons (Fsp3) is 0.692. The molecule has 1 aliphatic heterocycles. The van der Waals surface area contributed by atoms with Gasteiger partial charge in [0, 0.05) is 25.7 Å². The molecule has 1 aliphatic rings. The lowest BCUT2D eigenvalue weighted by atomic mass is 9.96. The maximum atomic E-state index is 12.9. The molecule has 0 saturated carbocycles. The molecule has 8 heteroatoms. The van der Waals surface area contributed by atoms with Crippen LogP contribution in [-0.4, -0.2) is 40.8 Å². The first kappa shape index (κ1) is 15.8. The number of β-amino-alcohol motifs (C(OH)–C–C–N with tert-alkyl or cyclic N) is 1. The third kappa shape index (κ3) is 3.75. The summed E-state index contributed by atoms with van der Waals surface area (Å²) in [4.78, 5) is 9.27. The zero-order valence-electron chi connectivity index (χ0n) is 12.0. The maximum absolute atomic E-state index is 12.9. The highest BCUT2D eigenvalue weighted by Gasteiger charge is 2.35. The van der Waals surface area contributed by atoms with Crippen molar-refractivity contribution in [3.05, 3.63) is 11.8 Å². The van der Waals surface area contributed by atoms with Crippen molar-refractivity contribution in [1.29, 1.82) is 0 Å². The van der Waals surface area contributed by atoms with Crippen LogP contribution in [0.15, 0.2) is 6.07 Å². The quantitative estimate of drug-likeness (QED) is 0.896. The summed E-state index contributed by atoms with van der Waals surface area (Å²) in [7, 11) is 0. The van der Waals surface area contributed by atoms with Crippen LogP contribution in [0.2, 0.25) is 0 Å². The molecule has 2 heterocycles. The molecule has 2 unspecified atom stereocenters. The molecule has 5 nitrogen and oxygen atoms in total. The predicted octanol–water partition coefficient (Wildman–Crippen LogP) is 2.13. The summed E-state index contributed by atoms with van der Waals surface area (Å²) >= 11 is 0. The van der Waals surface area contributed by atoms with Gasteiger partial charge in [-0.05, 0) is 19.3 Å². The van der Waals surface area contributed by atoms with Crippen LogP contribution in [0.3, 0.4) is 0 Å². The molecule has 0 aromatic carbocycles. The molecular formula is C13H19F3N4O. The molecule has 0 spiro atoms. The van der Waals surface area contributed by atoms with Gasteiger partial charge in [-0.1, -0.05) is 6.92 Å². The summed E-state index contributed by atoms with van der Waals surface area (Å²) in [6.07, 6.45) is -4.38.